The molecule has 2 heterocycles. The maximum Gasteiger partial charge on any atom is 0.255 e. The third-order valence-corrected chi connectivity index (χ3v) is 7.08. The first kappa shape index (κ1) is 26.3. The quantitative estimate of drug-likeness (QED) is 0.368. The van der Waals surface area contributed by atoms with Gasteiger partial charge in [-0.2, -0.15) is 0 Å². The fourth-order valence-corrected chi connectivity index (χ4v) is 4.86. The number of amides is 1. The monoisotopic (exact) mass is 527 g/mol. The minimum atomic E-state index is -0.142. The van der Waals surface area contributed by atoms with Crippen molar-refractivity contribution in [3.8, 4) is 11.5 Å². The maximum absolute atomic E-state index is 13.1. The van der Waals surface area contributed by atoms with Gasteiger partial charge in [0.15, 0.2) is 0 Å². The van der Waals surface area contributed by atoms with Crippen LogP contribution in [0.25, 0.3) is 0 Å². The zero-order chi connectivity index (χ0) is 25.3. The molecule has 1 aliphatic heterocycles. The van der Waals surface area contributed by atoms with Gasteiger partial charge in [-0.25, -0.2) is 0 Å². The number of rotatable bonds is 10. The third kappa shape index (κ3) is 7.36. The van der Waals surface area contributed by atoms with Crippen molar-refractivity contribution in [2.75, 3.05) is 33.4 Å². The van der Waals surface area contributed by atoms with Crippen molar-refractivity contribution < 1.29 is 14.3 Å². The highest BCUT2D eigenvalue weighted by Crippen LogP contribution is 2.27. The summed E-state index contributed by atoms with van der Waals surface area (Å²) in [7, 11) is 1.59. The maximum atomic E-state index is 13.1. The van der Waals surface area contributed by atoms with E-state index in [1.807, 2.05) is 18.5 Å². The molecule has 3 aromatic rings. The van der Waals surface area contributed by atoms with E-state index in [-0.39, 0.29) is 5.91 Å². The first-order chi connectivity index (χ1) is 17.5. The smallest absolute Gasteiger partial charge is 0.255 e. The van der Waals surface area contributed by atoms with E-state index in [0.717, 1.165) is 38.0 Å². The number of nitrogens with zero attached hydrogens (tertiary/aromatic N) is 2. The van der Waals surface area contributed by atoms with Gasteiger partial charge in [-0.3, -0.25) is 14.7 Å². The van der Waals surface area contributed by atoms with Crippen LogP contribution in [0.3, 0.4) is 0 Å². The molecular weight excluding hydrogens is 497 g/mol. The number of halogens is 2. The van der Waals surface area contributed by atoms with Crippen LogP contribution in [0.15, 0.2) is 60.9 Å². The van der Waals surface area contributed by atoms with Gasteiger partial charge in [0.1, 0.15) is 11.5 Å². The van der Waals surface area contributed by atoms with Crippen LogP contribution >= 0.6 is 23.2 Å². The van der Waals surface area contributed by atoms with Crippen LogP contribution in [0.5, 0.6) is 11.5 Å². The number of ether oxygens (including phenoxy) is 2. The van der Waals surface area contributed by atoms with Crippen LogP contribution in [0.1, 0.15) is 34.3 Å². The van der Waals surface area contributed by atoms with Gasteiger partial charge in [-0.15, -0.1) is 0 Å². The zero-order valence-electron chi connectivity index (χ0n) is 20.4. The SMILES string of the molecule is COc1ccc(C(=O)NCC2CCN(Cc3ccncc3)CC2)c(OCCc2ccc(Cl)cc2Cl)c1. The van der Waals surface area contributed by atoms with Gasteiger partial charge >= 0.3 is 0 Å². The number of likely N-dealkylation sites (tertiary alicyclic amines) is 1. The van der Waals surface area contributed by atoms with Crippen LogP contribution < -0.4 is 14.8 Å². The van der Waals surface area contributed by atoms with E-state index in [2.05, 4.69) is 27.3 Å². The second-order valence-electron chi connectivity index (χ2n) is 8.98. The number of carbonyl (C=O) groups is 1. The van der Waals surface area contributed by atoms with Crippen LogP contribution in [0, 0.1) is 5.92 Å². The molecule has 2 aromatic carbocycles. The minimum absolute atomic E-state index is 0.142. The van der Waals surface area contributed by atoms with Crippen molar-refractivity contribution in [2.45, 2.75) is 25.8 Å². The lowest BCUT2D eigenvalue weighted by atomic mass is 9.96. The molecule has 1 N–H and O–H groups in total. The van der Waals surface area contributed by atoms with E-state index in [1.165, 1.54) is 5.56 Å². The van der Waals surface area contributed by atoms with E-state index >= 15 is 0 Å². The summed E-state index contributed by atoms with van der Waals surface area (Å²) in [6.45, 7) is 3.99. The summed E-state index contributed by atoms with van der Waals surface area (Å²) in [5.74, 6) is 1.44. The molecule has 1 amide bonds. The summed E-state index contributed by atoms with van der Waals surface area (Å²) >= 11 is 12.3. The number of aromatic nitrogens is 1. The number of pyridine rings is 1. The van der Waals surface area contributed by atoms with Crippen molar-refractivity contribution in [1.82, 2.24) is 15.2 Å². The third-order valence-electron chi connectivity index (χ3n) is 6.49. The molecule has 1 aromatic heterocycles. The highest BCUT2D eigenvalue weighted by Gasteiger charge is 2.21. The number of methoxy groups -OCH3 is 1. The Bertz CT molecular complexity index is 1150. The Labute approximate surface area is 222 Å². The van der Waals surface area contributed by atoms with E-state index in [0.29, 0.717) is 52.6 Å². The molecule has 8 heteroatoms. The van der Waals surface area contributed by atoms with E-state index in [4.69, 9.17) is 32.7 Å². The van der Waals surface area contributed by atoms with Crippen LogP contribution in [-0.2, 0) is 13.0 Å². The van der Waals surface area contributed by atoms with Crippen molar-refractivity contribution in [1.29, 1.82) is 0 Å². The molecule has 0 saturated carbocycles. The second kappa shape index (κ2) is 12.9. The van der Waals surface area contributed by atoms with Gasteiger partial charge in [0.2, 0.25) is 0 Å². The van der Waals surface area contributed by atoms with Gasteiger partial charge in [0.05, 0.1) is 19.3 Å². The lowest BCUT2D eigenvalue weighted by Gasteiger charge is -2.32. The second-order valence-corrected chi connectivity index (χ2v) is 9.82. The Balaban J connectivity index is 1.29. The molecule has 0 radical (unpaired) electrons. The molecule has 1 saturated heterocycles. The van der Waals surface area contributed by atoms with Gasteiger partial charge < -0.3 is 14.8 Å². The number of hydrogen-bond donors (Lipinski definition) is 1. The summed E-state index contributed by atoms with van der Waals surface area (Å²) in [6, 6.07) is 14.8. The number of nitrogens with one attached hydrogen (secondary N) is 1. The predicted molar refractivity (Wildman–Crippen MR) is 143 cm³/mol. The van der Waals surface area contributed by atoms with E-state index < -0.39 is 0 Å². The highest BCUT2D eigenvalue weighted by atomic mass is 35.5. The lowest BCUT2D eigenvalue weighted by molar-refractivity contribution is 0.0931. The van der Waals surface area contributed by atoms with Gasteiger partial charge in [-0.1, -0.05) is 29.3 Å². The molecule has 1 aliphatic rings. The summed E-state index contributed by atoms with van der Waals surface area (Å²) in [4.78, 5) is 19.6. The largest absolute Gasteiger partial charge is 0.497 e. The van der Waals surface area contributed by atoms with Crippen LogP contribution in [0.2, 0.25) is 10.0 Å². The number of benzene rings is 2. The Kier molecular flexibility index (Phi) is 9.45. The molecule has 0 unspecified atom stereocenters. The molecule has 190 valence electrons. The Hall–Kier alpha value is -2.80. The standard InChI is InChI=1S/C28H31Cl2N3O3/c1-35-24-4-5-25(27(17-24)36-15-10-22-2-3-23(29)16-26(22)30)28(34)32-18-20-8-13-33(14-9-20)19-21-6-11-31-12-7-21/h2-7,11-12,16-17,20H,8-10,13-15,18-19H2,1H3,(H,32,34). The fourth-order valence-electron chi connectivity index (χ4n) is 4.36. The number of carbonyl (C=O) groups excluding carboxylic acids is 1. The first-order valence-electron chi connectivity index (χ1n) is 12.2. The zero-order valence-corrected chi connectivity index (χ0v) is 21.9. The first-order valence-corrected chi connectivity index (χ1v) is 12.9. The Morgan fingerprint density at radius 2 is 1.86 bits per heavy atom. The summed E-state index contributed by atoms with van der Waals surface area (Å²) in [5, 5.41) is 4.30. The Morgan fingerprint density at radius 1 is 1.08 bits per heavy atom. The summed E-state index contributed by atoms with van der Waals surface area (Å²) < 4.78 is 11.3. The summed E-state index contributed by atoms with van der Waals surface area (Å²) in [6.07, 6.45) is 6.37. The van der Waals surface area contributed by atoms with Gasteiger partial charge in [0, 0.05) is 48.0 Å². The topological polar surface area (TPSA) is 63.7 Å². The fraction of sp³-hybridized carbons (Fsp3) is 0.357. The number of piperidine rings is 1. The molecule has 6 nitrogen and oxygen atoms in total. The predicted octanol–water partition coefficient (Wildman–Crippen LogP) is 5.66. The molecule has 0 aliphatic carbocycles. The molecular formula is C28H31Cl2N3O3. The minimum Gasteiger partial charge on any atom is -0.497 e. The molecule has 0 spiro atoms. The average molecular weight is 528 g/mol. The molecule has 0 bridgehead atoms. The normalized spacial score (nSPS) is 14.4. The van der Waals surface area contributed by atoms with Gasteiger partial charge in [-0.05, 0) is 79.4 Å². The number of hydrogen-bond acceptors (Lipinski definition) is 5. The molecule has 4 rings (SSSR count). The van der Waals surface area contributed by atoms with Crippen molar-refractivity contribution in [3.63, 3.8) is 0 Å². The summed E-state index contributed by atoms with van der Waals surface area (Å²) in [5.41, 5.74) is 2.71. The molecule has 36 heavy (non-hydrogen) atoms. The van der Waals surface area contributed by atoms with Crippen LogP contribution in [0.4, 0.5) is 0 Å². The van der Waals surface area contributed by atoms with E-state index in [9.17, 15) is 4.79 Å². The van der Waals surface area contributed by atoms with Gasteiger partial charge in [0.25, 0.3) is 5.91 Å². The van der Waals surface area contributed by atoms with Crippen molar-refractivity contribution >= 4 is 29.1 Å². The van der Waals surface area contributed by atoms with E-state index in [1.54, 1.807) is 37.4 Å². The lowest BCUT2D eigenvalue weighted by Crippen LogP contribution is -2.38. The Morgan fingerprint density at radius 3 is 2.58 bits per heavy atom. The van der Waals surface area contributed by atoms with Crippen molar-refractivity contribution in [3.05, 3.63) is 87.7 Å². The highest BCUT2D eigenvalue weighted by molar-refractivity contribution is 6.35. The molecule has 1 fully saturated rings. The molecule has 0 atom stereocenters. The van der Waals surface area contributed by atoms with Crippen LogP contribution in [-0.4, -0.2) is 49.1 Å². The van der Waals surface area contributed by atoms with Crippen molar-refractivity contribution in [2.24, 2.45) is 5.92 Å². The average Bonchev–Trinajstić information content (AvgIpc) is 2.90.